The fourth-order valence-electron chi connectivity index (χ4n) is 3.14. The fraction of sp³-hybridized carbons (Fsp3) is 0.174. The van der Waals surface area contributed by atoms with E-state index < -0.39 is 6.04 Å². The summed E-state index contributed by atoms with van der Waals surface area (Å²) in [7, 11) is 0. The SMILES string of the molecule is NC(N)=[NH+]CCCC(NC(=O)c1ccccc1)C(=O)Nc1ccc2ccccc2c1. The van der Waals surface area contributed by atoms with E-state index in [-0.39, 0.29) is 17.8 Å². The maximum Gasteiger partial charge on any atom is 0.338 e. The van der Waals surface area contributed by atoms with Crippen LogP contribution in [0.25, 0.3) is 10.8 Å². The number of nitrogens with two attached hydrogens (primary N) is 2. The van der Waals surface area contributed by atoms with Gasteiger partial charge in [-0.15, -0.1) is 0 Å². The molecule has 3 rings (SSSR count). The van der Waals surface area contributed by atoms with E-state index in [9.17, 15) is 9.59 Å². The number of nitrogens with one attached hydrogen (secondary N) is 3. The number of carbonyl (C=O) groups is 2. The molecule has 3 aromatic rings. The van der Waals surface area contributed by atoms with Crippen LogP contribution in [0.1, 0.15) is 23.2 Å². The molecule has 30 heavy (non-hydrogen) atoms. The first-order valence-electron chi connectivity index (χ1n) is 9.80. The molecule has 1 atom stereocenters. The molecule has 3 aromatic carbocycles. The van der Waals surface area contributed by atoms with Crippen molar-refractivity contribution in [3.05, 3.63) is 78.4 Å². The third kappa shape index (κ3) is 5.81. The standard InChI is InChI=1S/C23H25N5O2/c24-23(25)26-14-6-11-20(28-21(29)17-8-2-1-3-9-17)22(30)27-19-13-12-16-7-4-5-10-18(16)15-19/h1-5,7-10,12-13,15,20H,6,11,14H2,(H,27,30)(H,28,29)(H4,24,25,26)/p+1. The van der Waals surface area contributed by atoms with E-state index in [0.29, 0.717) is 30.6 Å². The van der Waals surface area contributed by atoms with Gasteiger partial charge in [0.05, 0.1) is 6.54 Å². The van der Waals surface area contributed by atoms with E-state index in [4.69, 9.17) is 11.5 Å². The van der Waals surface area contributed by atoms with Gasteiger partial charge in [0, 0.05) is 11.3 Å². The van der Waals surface area contributed by atoms with Gasteiger partial charge in [-0.25, -0.2) is 0 Å². The summed E-state index contributed by atoms with van der Waals surface area (Å²) in [5.41, 5.74) is 12.0. The van der Waals surface area contributed by atoms with E-state index in [1.165, 1.54) is 0 Å². The maximum absolute atomic E-state index is 12.9. The first-order chi connectivity index (χ1) is 14.5. The van der Waals surface area contributed by atoms with E-state index in [2.05, 4.69) is 15.6 Å². The van der Waals surface area contributed by atoms with Crippen LogP contribution in [-0.2, 0) is 4.79 Å². The highest BCUT2D eigenvalue weighted by Crippen LogP contribution is 2.19. The maximum atomic E-state index is 12.9. The lowest BCUT2D eigenvalue weighted by atomic mass is 10.1. The Morgan fingerprint density at radius 2 is 1.60 bits per heavy atom. The average Bonchev–Trinajstić information content (AvgIpc) is 2.76. The zero-order chi connectivity index (χ0) is 21.3. The molecule has 7 nitrogen and oxygen atoms in total. The lowest BCUT2D eigenvalue weighted by Gasteiger charge is -2.18. The van der Waals surface area contributed by atoms with Gasteiger partial charge in [0.2, 0.25) is 5.91 Å². The second kappa shape index (κ2) is 10.1. The first-order valence-corrected chi connectivity index (χ1v) is 9.80. The number of hydrogen-bond acceptors (Lipinski definition) is 2. The number of fused-ring (bicyclic) bond motifs is 1. The Kier molecular flexibility index (Phi) is 7.00. The highest BCUT2D eigenvalue weighted by molar-refractivity contribution is 6.02. The molecule has 0 fully saturated rings. The minimum absolute atomic E-state index is 0.125. The van der Waals surface area contributed by atoms with Crippen LogP contribution in [0.15, 0.2) is 72.8 Å². The van der Waals surface area contributed by atoms with Gasteiger partial charge in [-0.2, -0.15) is 0 Å². The van der Waals surface area contributed by atoms with Gasteiger partial charge in [-0.3, -0.25) is 26.0 Å². The monoisotopic (exact) mass is 404 g/mol. The van der Waals surface area contributed by atoms with Crippen LogP contribution in [0.3, 0.4) is 0 Å². The molecule has 1 unspecified atom stereocenters. The Morgan fingerprint density at radius 1 is 0.900 bits per heavy atom. The summed E-state index contributed by atoms with van der Waals surface area (Å²) in [4.78, 5) is 28.3. The van der Waals surface area contributed by atoms with Gasteiger partial charge in [0.15, 0.2) is 0 Å². The Balaban J connectivity index is 1.72. The lowest BCUT2D eigenvalue weighted by molar-refractivity contribution is -0.459. The number of carbonyl (C=O) groups excluding carboxylic acids is 2. The fourth-order valence-corrected chi connectivity index (χ4v) is 3.14. The minimum Gasteiger partial charge on any atom is -0.340 e. The molecule has 0 aliphatic carbocycles. The summed E-state index contributed by atoms with van der Waals surface area (Å²) in [6.07, 6.45) is 1.03. The zero-order valence-electron chi connectivity index (χ0n) is 16.6. The van der Waals surface area contributed by atoms with E-state index in [1.54, 1.807) is 24.3 Å². The molecule has 0 saturated carbocycles. The molecular formula is C23H26N5O2+. The second-order valence-electron chi connectivity index (χ2n) is 6.97. The number of rotatable bonds is 8. The van der Waals surface area contributed by atoms with Gasteiger partial charge < -0.3 is 10.6 Å². The average molecular weight is 404 g/mol. The topological polar surface area (TPSA) is 124 Å². The molecule has 0 heterocycles. The van der Waals surface area contributed by atoms with Crippen LogP contribution < -0.4 is 27.1 Å². The van der Waals surface area contributed by atoms with Crippen molar-refractivity contribution in [2.24, 2.45) is 11.5 Å². The zero-order valence-corrected chi connectivity index (χ0v) is 16.6. The third-order valence-electron chi connectivity index (χ3n) is 4.67. The summed E-state index contributed by atoms with van der Waals surface area (Å²) in [5.74, 6) is -0.452. The molecule has 7 N–H and O–H groups in total. The van der Waals surface area contributed by atoms with Crippen molar-refractivity contribution < 1.29 is 14.6 Å². The molecule has 0 saturated heterocycles. The van der Waals surface area contributed by atoms with Gasteiger partial charge in [-0.05, 0) is 47.9 Å². The molecule has 0 bridgehead atoms. The van der Waals surface area contributed by atoms with E-state index in [0.717, 1.165) is 10.8 Å². The molecule has 0 aliphatic heterocycles. The van der Waals surface area contributed by atoms with E-state index >= 15 is 0 Å². The van der Waals surface area contributed by atoms with Crippen molar-refractivity contribution in [1.29, 1.82) is 0 Å². The Hall–Kier alpha value is -3.87. The number of guanidine groups is 1. The smallest absolute Gasteiger partial charge is 0.338 e. The first kappa shape index (κ1) is 20.9. The van der Waals surface area contributed by atoms with Crippen molar-refractivity contribution in [2.75, 3.05) is 11.9 Å². The van der Waals surface area contributed by atoms with Crippen LogP contribution in [0.4, 0.5) is 5.69 Å². The van der Waals surface area contributed by atoms with Crippen LogP contribution in [0, 0.1) is 0 Å². The Bertz CT molecular complexity index is 1050. The van der Waals surface area contributed by atoms with Crippen molar-refractivity contribution in [3.63, 3.8) is 0 Å². The quantitative estimate of drug-likeness (QED) is 0.215. The molecule has 0 radical (unpaired) electrons. The van der Waals surface area contributed by atoms with E-state index in [1.807, 2.05) is 48.5 Å². The summed E-state index contributed by atoms with van der Waals surface area (Å²) < 4.78 is 0. The summed E-state index contributed by atoms with van der Waals surface area (Å²) in [6.45, 7) is 0.503. The Labute approximate surface area is 175 Å². The van der Waals surface area contributed by atoms with Crippen LogP contribution >= 0.6 is 0 Å². The number of anilines is 1. The molecule has 154 valence electrons. The molecule has 7 heteroatoms. The normalized spacial score (nSPS) is 11.5. The summed E-state index contributed by atoms with van der Waals surface area (Å²) >= 11 is 0. The number of hydrogen-bond donors (Lipinski definition) is 5. The molecule has 0 spiro atoms. The predicted octanol–water partition coefficient (Wildman–Crippen LogP) is 0.711. The third-order valence-corrected chi connectivity index (χ3v) is 4.67. The van der Waals surface area contributed by atoms with Gasteiger partial charge in [0.25, 0.3) is 5.91 Å². The summed E-state index contributed by atoms with van der Waals surface area (Å²) in [5, 5.41) is 7.86. The molecule has 2 amide bonds. The largest absolute Gasteiger partial charge is 0.340 e. The van der Waals surface area contributed by atoms with Gasteiger partial charge in [0.1, 0.15) is 6.04 Å². The second-order valence-corrected chi connectivity index (χ2v) is 6.97. The predicted molar refractivity (Wildman–Crippen MR) is 119 cm³/mol. The number of benzene rings is 3. The molecule has 0 aliphatic rings. The lowest BCUT2D eigenvalue weighted by Crippen LogP contribution is -2.78. The van der Waals surface area contributed by atoms with Crippen molar-refractivity contribution in [1.82, 2.24) is 5.32 Å². The molecule has 0 aromatic heterocycles. The van der Waals surface area contributed by atoms with Gasteiger partial charge >= 0.3 is 5.96 Å². The minimum atomic E-state index is -0.704. The van der Waals surface area contributed by atoms with Crippen LogP contribution in [0.2, 0.25) is 0 Å². The highest BCUT2D eigenvalue weighted by Gasteiger charge is 2.21. The van der Waals surface area contributed by atoms with Crippen LogP contribution in [-0.4, -0.2) is 30.4 Å². The highest BCUT2D eigenvalue weighted by atomic mass is 16.2. The van der Waals surface area contributed by atoms with Gasteiger partial charge in [-0.1, -0.05) is 48.5 Å². The Morgan fingerprint density at radius 3 is 2.33 bits per heavy atom. The van der Waals surface area contributed by atoms with Crippen molar-refractivity contribution in [3.8, 4) is 0 Å². The van der Waals surface area contributed by atoms with Crippen molar-refractivity contribution in [2.45, 2.75) is 18.9 Å². The number of amides is 2. The molecular weight excluding hydrogens is 378 g/mol. The van der Waals surface area contributed by atoms with Crippen LogP contribution in [0.5, 0.6) is 0 Å². The summed E-state index contributed by atoms with van der Waals surface area (Å²) in [6, 6.07) is 21.7. The van der Waals surface area contributed by atoms with Crippen molar-refractivity contribution >= 4 is 34.2 Å².